The number of nitrogens with one attached hydrogen (secondary N) is 1. The third-order valence-corrected chi connectivity index (χ3v) is 5.27. The monoisotopic (exact) mass is 415 g/mol. The number of amides is 1. The van der Waals surface area contributed by atoms with Gasteiger partial charge in [0.1, 0.15) is 28.9 Å². The lowest BCUT2D eigenvalue weighted by Crippen LogP contribution is -2.05. The molecule has 5 rings (SSSR count). The summed E-state index contributed by atoms with van der Waals surface area (Å²) in [5, 5.41) is 2.75. The van der Waals surface area contributed by atoms with E-state index in [0.29, 0.717) is 29.6 Å². The molecule has 31 heavy (non-hydrogen) atoms. The van der Waals surface area contributed by atoms with Gasteiger partial charge in [-0.05, 0) is 43.3 Å². The molecule has 0 spiro atoms. The Kier molecular flexibility index (Phi) is 4.56. The maximum atomic E-state index is 11.3. The van der Waals surface area contributed by atoms with Crippen molar-refractivity contribution in [3.63, 3.8) is 0 Å². The van der Waals surface area contributed by atoms with Crippen LogP contribution in [0.4, 0.5) is 11.5 Å². The second kappa shape index (κ2) is 7.41. The molecule has 0 radical (unpaired) electrons. The van der Waals surface area contributed by atoms with Gasteiger partial charge in [0.05, 0.1) is 18.4 Å². The summed E-state index contributed by atoms with van der Waals surface area (Å²) in [5.41, 5.74) is 11.5. The number of nitrogens with zero attached hydrogens (tertiary/aromatic N) is 3. The number of rotatable bonds is 4. The Labute approximate surface area is 178 Å². The van der Waals surface area contributed by atoms with Gasteiger partial charge in [-0.2, -0.15) is 0 Å². The van der Waals surface area contributed by atoms with E-state index in [1.807, 2.05) is 49.4 Å². The predicted octanol–water partition coefficient (Wildman–Crippen LogP) is 4.34. The van der Waals surface area contributed by atoms with Gasteiger partial charge < -0.3 is 25.1 Å². The molecule has 1 unspecified atom stereocenters. The average molecular weight is 415 g/mol. The minimum absolute atomic E-state index is 0.0495. The molecular weight excluding hydrogens is 394 g/mol. The van der Waals surface area contributed by atoms with Crippen molar-refractivity contribution in [2.24, 2.45) is 0 Å². The Hall–Kier alpha value is -3.91. The van der Waals surface area contributed by atoms with Crippen molar-refractivity contribution in [1.29, 1.82) is 0 Å². The first-order valence-electron chi connectivity index (χ1n) is 9.92. The van der Waals surface area contributed by atoms with E-state index in [1.54, 1.807) is 6.07 Å². The highest BCUT2D eigenvalue weighted by Gasteiger charge is 2.30. The number of nitrogens with two attached hydrogens (primary N) is 1. The Balaban J connectivity index is 1.49. The summed E-state index contributed by atoms with van der Waals surface area (Å²) in [7, 11) is 0. The second-order valence-corrected chi connectivity index (χ2v) is 7.41. The number of fused-ring (bicyclic) bond motifs is 3. The van der Waals surface area contributed by atoms with Crippen LogP contribution in [0.3, 0.4) is 0 Å². The normalized spacial score (nSPS) is 15.1. The largest absolute Gasteiger partial charge is 0.457 e. The average Bonchev–Trinajstić information content (AvgIpc) is 3.27. The molecule has 0 saturated heterocycles. The highest BCUT2D eigenvalue weighted by Crippen LogP contribution is 2.40. The lowest BCUT2D eigenvalue weighted by atomic mass is 10.1. The number of anilines is 2. The van der Waals surface area contributed by atoms with Gasteiger partial charge in [-0.25, -0.2) is 9.97 Å². The third-order valence-electron chi connectivity index (χ3n) is 5.27. The van der Waals surface area contributed by atoms with Crippen LogP contribution in [0.2, 0.25) is 0 Å². The SMILES string of the molecule is CC(=O)Nc1cccc(Oc2ccc(-n3c4c(c5ncnc(N)c53)C(C)OC4)cc2)c1. The quantitative estimate of drug-likeness (QED) is 0.514. The predicted molar refractivity (Wildman–Crippen MR) is 117 cm³/mol. The summed E-state index contributed by atoms with van der Waals surface area (Å²) in [4.78, 5) is 19.9. The summed E-state index contributed by atoms with van der Waals surface area (Å²) in [6.45, 7) is 3.97. The van der Waals surface area contributed by atoms with Crippen molar-refractivity contribution in [2.45, 2.75) is 26.6 Å². The first-order valence-corrected chi connectivity index (χ1v) is 9.92. The van der Waals surface area contributed by atoms with Crippen molar-refractivity contribution < 1.29 is 14.3 Å². The van der Waals surface area contributed by atoms with E-state index in [0.717, 1.165) is 28.0 Å². The summed E-state index contributed by atoms with van der Waals surface area (Å²) in [6.07, 6.45) is 1.44. The van der Waals surface area contributed by atoms with Crippen molar-refractivity contribution >= 4 is 28.4 Å². The highest BCUT2D eigenvalue weighted by molar-refractivity contribution is 5.91. The van der Waals surface area contributed by atoms with Crippen molar-refractivity contribution in [2.75, 3.05) is 11.1 Å². The molecule has 3 N–H and O–H groups in total. The van der Waals surface area contributed by atoms with Gasteiger partial charge in [-0.15, -0.1) is 0 Å². The molecule has 0 saturated carbocycles. The maximum absolute atomic E-state index is 11.3. The Morgan fingerprint density at radius 3 is 2.77 bits per heavy atom. The molecule has 156 valence electrons. The maximum Gasteiger partial charge on any atom is 0.221 e. The first-order chi connectivity index (χ1) is 15.0. The molecule has 0 fully saturated rings. The van der Waals surface area contributed by atoms with Crippen LogP contribution in [0.5, 0.6) is 11.5 Å². The molecule has 1 atom stereocenters. The molecule has 3 heterocycles. The number of aromatic nitrogens is 3. The highest BCUT2D eigenvalue weighted by atomic mass is 16.5. The van der Waals surface area contributed by atoms with E-state index in [1.165, 1.54) is 13.3 Å². The van der Waals surface area contributed by atoms with Gasteiger partial charge in [0.25, 0.3) is 0 Å². The van der Waals surface area contributed by atoms with Crippen LogP contribution in [-0.4, -0.2) is 20.4 Å². The zero-order chi connectivity index (χ0) is 21.5. The molecule has 1 aliphatic rings. The fourth-order valence-corrected chi connectivity index (χ4v) is 3.98. The van der Waals surface area contributed by atoms with Crippen LogP contribution in [-0.2, 0) is 16.1 Å². The minimum atomic E-state index is -0.130. The number of hydrogen-bond acceptors (Lipinski definition) is 6. The molecule has 1 amide bonds. The molecule has 8 heteroatoms. The van der Waals surface area contributed by atoms with Crippen LogP contribution in [0.25, 0.3) is 16.7 Å². The minimum Gasteiger partial charge on any atom is -0.457 e. The zero-order valence-corrected chi connectivity index (χ0v) is 17.1. The standard InChI is InChI=1S/C23H21N5O3/c1-13-20-19(11-30-13)28(22-21(20)25-12-26-23(22)24)16-6-8-17(9-7-16)31-18-5-3-4-15(10-18)27-14(2)29/h3-10,12-13H,11H2,1-2H3,(H,27,29)(H2,24,25,26). The van der Waals surface area contributed by atoms with Crippen molar-refractivity contribution in [3.8, 4) is 17.2 Å². The van der Waals surface area contributed by atoms with Crippen LogP contribution in [0.15, 0.2) is 54.9 Å². The van der Waals surface area contributed by atoms with Gasteiger partial charge >= 0.3 is 0 Å². The summed E-state index contributed by atoms with van der Waals surface area (Å²) in [6, 6.07) is 14.9. The Bertz CT molecular complexity index is 1300. The number of carbonyl (C=O) groups excluding carboxylic acids is 1. The van der Waals surface area contributed by atoms with E-state index >= 15 is 0 Å². The van der Waals surface area contributed by atoms with Crippen molar-refractivity contribution in [1.82, 2.24) is 14.5 Å². The number of ether oxygens (including phenoxy) is 2. The smallest absolute Gasteiger partial charge is 0.221 e. The Morgan fingerprint density at radius 2 is 2.00 bits per heavy atom. The summed E-state index contributed by atoms with van der Waals surface area (Å²) in [5.74, 6) is 1.60. The van der Waals surface area contributed by atoms with E-state index in [4.69, 9.17) is 15.2 Å². The van der Waals surface area contributed by atoms with Crippen LogP contribution in [0.1, 0.15) is 31.2 Å². The topological polar surface area (TPSA) is 104 Å². The Morgan fingerprint density at radius 1 is 1.19 bits per heavy atom. The molecule has 2 aromatic carbocycles. The van der Waals surface area contributed by atoms with Gasteiger partial charge in [-0.3, -0.25) is 4.79 Å². The van der Waals surface area contributed by atoms with E-state index in [2.05, 4.69) is 19.9 Å². The molecule has 0 bridgehead atoms. The molecule has 2 aromatic heterocycles. The number of carbonyl (C=O) groups is 1. The van der Waals surface area contributed by atoms with E-state index in [-0.39, 0.29) is 12.0 Å². The summed E-state index contributed by atoms with van der Waals surface area (Å²) >= 11 is 0. The van der Waals surface area contributed by atoms with E-state index in [9.17, 15) is 4.79 Å². The molecule has 4 aromatic rings. The number of hydrogen-bond donors (Lipinski definition) is 2. The van der Waals surface area contributed by atoms with Gasteiger partial charge in [0, 0.05) is 29.9 Å². The molecule has 0 aliphatic carbocycles. The van der Waals surface area contributed by atoms with E-state index < -0.39 is 0 Å². The lowest BCUT2D eigenvalue weighted by Gasteiger charge is -2.12. The van der Waals surface area contributed by atoms with Gasteiger partial charge in [0.15, 0.2) is 5.82 Å². The van der Waals surface area contributed by atoms with Crippen LogP contribution < -0.4 is 15.8 Å². The molecule has 1 aliphatic heterocycles. The number of nitrogen functional groups attached to an aromatic ring is 1. The van der Waals surface area contributed by atoms with Crippen LogP contribution in [0, 0.1) is 0 Å². The van der Waals surface area contributed by atoms with Gasteiger partial charge in [-0.1, -0.05) is 6.07 Å². The molecular formula is C23H21N5O3. The zero-order valence-electron chi connectivity index (χ0n) is 17.1. The lowest BCUT2D eigenvalue weighted by molar-refractivity contribution is -0.114. The second-order valence-electron chi connectivity index (χ2n) is 7.41. The van der Waals surface area contributed by atoms with Crippen LogP contribution >= 0.6 is 0 Å². The molecule has 8 nitrogen and oxygen atoms in total. The van der Waals surface area contributed by atoms with Gasteiger partial charge in [0.2, 0.25) is 5.91 Å². The number of benzene rings is 2. The first kappa shape index (κ1) is 19.1. The van der Waals surface area contributed by atoms with Crippen molar-refractivity contribution in [3.05, 3.63) is 66.1 Å². The fourth-order valence-electron chi connectivity index (χ4n) is 3.98. The third kappa shape index (κ3) is 3.36. The summed E-state index contributed by atoms with van der Waals surface area (Å²) < 4.78 is 13.9. The fraction of sp³-hybridized carbons (Fsp3) is 0.174.